The van der Waals surface area contributed by atoms with Crippen molar-refractivity contribution < 1.29 is 13.9 Å². The number of hydrogen-bond donors (Lipinski definition) is 1. The van der Waals surface area contributed by atoms with Crippen molar-refractivity contribution in [1.82, 2.24) is 15.3 Å². The van der Waals surface area contributed by atoms with Gasteiger partial charge in [0, 0.05) is 12.5 Å². The smallest absolute Gasteiger partial charge is 0.229 e. The van der Waals surface area contributed by atoms with Gasteiger partial charge < -0.3 is 10.1 Å². The normalized spacial score (nSPS) is 23.5. The highest BCUT2D eigenvalue weighted by Gasteiger charge is 2.41. The maximum atomic E-state index is 12.9. The Morgan fingerprint density at radius 2 is 2.18 bits per heavy atom. The quantitative estimate of drug-likeness (QED) is 0.862. The van der Waals surface area contributed by atoms with E-state index in [0.29, 0.717) is 12.2 Å². The van der Waals surface area contributed by atoms with Crippen molar-refractivity contribution in [1.29, 1.82) is 0 Å². The monoisotopic (exact) mass is 329 g/mol. The molecular weight excluding hydrogens is 309 g/mol. The average Bonchev–Trinajstić information content (AvgIpc) is 2.78. The van der Waals surface area contributed by atoms with Gasteiger partial charge in [-0.15, -0.1) is 0 Å². The second-order valence-electron chi connectivity index (χ2n) is 6.51. The lowest BCUT2D eigenvalue weighted by molar-refractivity contribution is -0.122. The Labute approximate surface area is 134 Å². The SMILES string of the molecule is C[C@@H](OC(C)(C)C)C1CNC(=O)[C@H]1c1cc(CF)nc(Cl)n1. The zero-order valence-corrected chi connectivity index (χ0v) is 13.9. The van der Waals surface area contributed by atoms with Crippen molar-refractivity contribution in [2.45, 2.75) is 52.0 Å². The van der Waals surface area contributed by atoms with Crippen molar-refractivity contribution >= 4 is 17.5 Å². The van der Waals surface area contributed by atoms with Gasteiger partial charge in [-0.2, -0.15) is 0 Å². The minimum Gasteiger partial charge on any atom is -0.373 e. The zero-order chi connectivity index (χ0) is 16.5. The van der Waals surface area contributed by atoms with Crippen LogP contribution in [-0.2, 0) is 16.2 Å². The van der Waals surface area contributed by atoms with Crippen LogP contribution in [0.15, 0.2) is 6.07 Å². The van der Waals surface area contributed by atoms with Crippen LogP contribution in [0.1, 0.15) is 45.0 Å². The van der Waals surface area contributed by atoms with Gasteiger partial charge in [-0.3, -0.25) is 4.79 Å². The Balaban J connectivity index is 2.30. The summed E-state index contributed by atoms with van der Waals surface area (Å²) in [5, 5.41) is 2.78. The lowest BCUT2D eigenvalue weighted by Crippen LogP contribution is -2.34. The number of hydrogen-bond acceptors (Lipinski definition) is 4. The average molecular weight is 330 g/mol. The van der Waals surface area contributed by atoms with Gasteiger partial charge in [-0.05, 0) is 45.4 Å². The molecule has 0 radical (unpaired) electrons. The maximum Gasteiger partial charge on any atom is 0.229 e. The molecule has 0 bridgehead atoms. The van der Waals surface area contributed by atoms with E-state index < -0.39 is 12.6 Å². The molecule has 1 aromatic rings. The highest BCUT2D eigenvalue weighted by Crippen LogP contribution is 2.33. The molecule has 122 valence electrons. The van der Waals surface area contributed by atoms with Gasteiger partial charge in [0.25, 0.3) is 0 Å². The van der Waals surface area contributed by atoms with Crippen LogP contribution in [0.3, 0.4) is 0 Å². The minimum atomic E-state index is -0.748. The Hall–Kier alpha value is -1.27. The number of carbonyl (C=O) groups is 1. The van der Waals surface area contributed by atoms with Crippen molar-refractivity contribution in [2.75, 3.05) is 6.54 Å². The van der Waals surface area contributed by atoms with Crippen molar-refractivity contribution in [3.63, 3.8) is 0 Å². The summed E-state index contributed by atoms with van der Waals surface area (Å²) < 4.78 is 18.8. The highest BCUT2D eigenvalue weighted by atomic mass is 35.5. The van der Waals surface area contributed by atoms with Crippen LogP contribution in [0, 0.1) is 5.92 Å². The van der Waals surface area contributed by atoms with Crippen LogP contribution >= 0.6 is 11.6 Å². The molecule has 2 rings (SSSR count). The lowest BCUT2D eigenvalue weighted by atomic mass is 9.87. The fourth-order valence-electron chi connectivity index (χ4n) is 2.79. The topological polar surface area (TPSA) is 64.1 Å². The summed E-state index contributed by atoms with van der Waals surface area (Å²) >= 11 is 5.84. The highest BCUT2D eigenvalue weighted by molar-refractivity contribution is 6.28. The molecule has 1 aliphatic heterocycles. The maximum absolute atomic E-state index is 12.9. The van der Waals surface area contributed by atoms with Crippen LogP contribution in [0.2, 0.25) is 5.28 Å². The van der Waals surface area contributed by atoms with E-state index in [-0.39, 0.29) is 34.5 Å². The molecule has 1 fully saturated rings. The van der Waals surface area contributed by atoms with Gasteiger partial charge in [0.2, 0.25) is 11.2 Å². The standard InChI is InChI=1S/C15H21ClFN3O2/c1-8(22-15(2,3)4)10-7-18-13(21)12(10)11-5-9(6-17)19-14(16)20-11/h5,8,10,12H,6-7H2,1-4H3,(H,18,21)/t8-,10?,12-/m1/s1. The first kappa shape index (κ1) is 17.1. The molecular formula is C15H21ClFN3O2. The van der Waals surface area contributed by atoms with Gasteiger partial charge >= 0.3 is 0 Å². The summed E-state index contributed by atoms with van der Waals surface area (Å²) in [7, 11) is 0. The van der Waals surface area contributed by atoms with Gasteiger partial charge in [0.05, 0.1) is 29.0 Å². The number of alkyl halides is 1. The van der Waals surface area contributed by atoms with E-state index in [1.807, 2.05) is 27.7 Å². The van der Waals surface area contributed by atoms with Crippen LogP contribution in [0.25, 0.3) is 0 Å². The third-order valence-corrected chi connectivity index (χ3v) is 3.76. The van der Waals surface area contributed by atoms with Crippen molar-refractivity contribution in [3.05, 3.63) is 22.7 Å². The molecule has 3 atom stereocenters. The number of nitrogens with one attached hydrogen (secondary N) is 1. The molecule has 1 N–H and O–H groups in total. The van der Waals surface area contributed by atoms with Crippen LogP contribution < -0.4 is 5.32 Å². The summed E-state index contributed by atoms with van der Waals surface area (Å²) in [5.74, 6) is -0.748. The van der Waals surface area contributed by atoms with E-state index in [0.717, 1.165) is 0 Å². The molecule has 22 heavy (non-hydrogen) atoms. The fraction of sp³-hybridized carbons (Fsp3) is 0.667. The van der Waals surface area contributed by atoms with Gasteiger partial charge in [-0.1, -0.05) is 0 Å². The molecule has 1 unspecified atom stereocenters. The van der Waals surface area contributed by atoms with Crippen LogP contribution in [-0.4, -0.2) is 34.1 Å². The van der Waals surface area contributed by atoms with Gasteiger partial charge in [0.1, 0.15) is 6.67 Å². The molecule has 1 amide bonds. The first-order valence-corrected chi connectivity index (χ1v) is 7.64. The number of ether oxygens (including phenoxy) is 1. The van der Waals surface area contributed by atoms with E-state index in [2.05, 4.69) is 15.3 Å². The summed E-state index contributed by atoms with van der Waals surface area (Å²) in [6.07, 6.45) is -0.161. The largest absolute Gasteiger partial charge is 0.373 e. The zero-order valence-electron chi connectivity index (χ0n) is 13.2. The molecule has 0 aromatic carbocycles. The van der Waals surface area contributed by atoms with Crippen LogP contribution in [0.5, 0.6) is 0 Å². The molecule has 0 aliphatic carbocycles. The summed E-state index contributed by atoms with van der Waals surface area (Å²) in [6.45, 7) is 7.57. The van der Waals surface area contributed by atoms with Gasteiger partial charge in [0.15, 0.2) is 0 Å². The number of amides is 1. The number of nitrogens with zero attached hydrogens (tertiary/aromatic N) is 2. The molecule has 1 saturated heterocycles. The summed E-state index contributed by atoms with van der Waals surface area (Å²) in [5.41, 5.74) is 0.304. The molecule has 1 aliphatic rings. The van der Waals surface area contributed by atoms with E-state index in [1.54, 1.807) is 0 Å². The van der Waals surface area contributed by atoms with Crippen molar-refractivity contribution in [3.8, 4) is 0 Å². The van der Waals surface area contributed by atoms with Crippen LogP contribution in [0.4, 0.5) is 4.39 Å². The molecule has 1 aromatic heterocycles. The predicted octanol–water partition coefficient (Wildman–Crippen LogP) is 2.63. The predicted molar refractivity (Wildman–Crippen MR) is 81.4 cm³/mol. The second kappa shape index (κ2) is 6.46. The minimum absolute atomic E-state index is 0.0482. The Morgan fingerprint density at radius 1 is 1.50 bits per heavy atom. The van der Waals surface area contributed by atoms with E-state index in [1.165, 1.54) is 6.07 Å². The molecule has 5 nitrogen and oxygen atoms in total. The van der Waals surface area contributed by atoms with Gasteiger partial charge in [-0.25, -0.2) is 14.4 Å². The van der Waals surface area contributed by atoms with E-state index in [4.69, 9.17) is 16.3 Å². The third kappa shape index (κ3) is 3.93. The Bertz CT molecular complexity index is 562. The lowest BCUT2D eigenvalue weighted by Gasteiger charge is -2.30. The number of rotatable bonds is 4. The summed E-state index contributed by atoms with van der Waals surface area (Å²) in [6, 6.07) is 1.50. The third-order valence-electron chi connectivity index (χ3n) is 3.59. The Morgan fingerprint density at radius 3 is 2.77 bits per heavy atom. The summed E-state index contributed by atoms with van der Waals surface area (Å²) in [4.78, 5) is 20.1. The first-order chi connectivity index (χ1) is 10.2. The fourth-order valence-corrected chi connectivity index (χ4v) is 3.00. The van der Waals surface area contributed by atoms with E-state index in [9.17, 15) is 9.18 Å². The number of carbonyl (C=O) groups excluding carboxylic acids is 1. The molecule has 0 spiro atoms. The molecule has 2 heterocycles. The van der Waals surface area contributed by atoms with Crippen molar-refractivity contribution in [2.24, 2.45) is 5.92 Å². The molecule has 7 heteroatoms. The number of aromatic nitrogens is 2. The van der Waals surface area contributed by atoms with E-state index >= 15 is 0 Å². The Kier molecular flexibility index (Phi) is 5.02. The first-order valence-electron chi connectivity index (χ1n) is 7.26. The molecule has 0 saturated carbocycles. The number of halogens is 2. The second-order valence-corrected chi connectivity index (χ2v) is 6.85.